The molecule has 0 saturated carbocycles. The summed E-state index contributed by atoms with van der Waals surface area (Å²) in [7, 11) is 1.38. The standard InChI is InChI=1S/C17H11BrFN3O4S/c1-26-15-5-3-9(6-12(15)19)13-8-27-17(20-13)21-16(23)10-2-4-11(18)14(7-10)22(24)25/h2-8H,1H3,(H,20,21,23). The topological polar surface area (TPSA) is 94.4 Å². The second kappa shape index (κ2) is 7.80. The first-order chi connectivity index (χ1) is 12.9. The Kier molecular flexibility index (Phi) is 5.47. The fourth-order valence-electron chi connectivity index (χ4n) is 2.25. The number of benzene rings is 2. The van der Waals surface area contributed by atoms with Gasteiger partial charge in [0.1, 0.15) is 0 Å². The third kappa shape index (κ3) is 4.12. The van der Waals surface area contributed by atoms with Crippen molar-refractivity contribution in [3.05, 3.63) is 67.7 Å². The van der Waals surface area contributed by atoms with E-state index in [1.54, 1.807) is 11.4 Å². The summed E-state index contributed by atoms with van der Waals surface area (Å²) in [6.45, 7) is 0. The number of aromatic nitrogens is 1. The average Bonchev–Trinajstić information content (AvgIpc) is 3.10. The molecule has 0 spiro atoms. The summed E-state index contributed by atoms with van der Waals surface area (Å²) < 4.78 is 19.0. The number of nitrogens with zero attached hydrogens (tertiary/aromatic N) is 2. The van der Waals surface area contributed by atoms with Crippen LogP contribution < -0.4 is 10.1 Å². The summed E-state index contributed by atoms with van der Waals surface area (Å²) in [6, 6.07) is 8.49. The monoisotopic (exact) mass is 451 g/mol. The molecular weight excluding hydrogens is 441 g/mol. The minimum Gasteiger partial charge on any atom is -0.494 e. The first kappa shape index (κ1) is 18.9. The molecule has 0 atom stereocenters. The quantitative estimate of drug-likeness (QED) is 0.440. The molecule has 2 aromatic carbocycles. The Morgan fingerprint density at radius 2 is 2.11 bits per heavy atom. The second-order valence-corrected chi connectivity index (χ2v) is 6.98. The van der Waals surface area contributed by atoms with Crippen LogP contribution in [0.4, 0.5) is 15.2 Å². The molecule has 0 bridgehead atoms. The van der Waals surface area contributed by atoms with E-state index in [1.807, 2.05) is 0 Å². The van der Waals surface area contributed by atoms with Gasteiger partial charge in [0.05, 0.1) is 22.2 Å². The van der Waals surface area contributed by atoms with Crippen molar-refractivity contribution in [2.24, 2.45) is 0 Å². The van der Waals surface area contributed by atoms with Gasteiger partial charge in [-0.2, -0.15) is 0 Å². The summed E-state index contributed by atoms with van der Waals surface area (Å²) in [4.78, 5) is 27.0. The van der Waals surface area contributed by atoms with Gasteiger partial charge < -0.3 is 4.74 Å². The van der Waals surface area contributed by atoms with E-state index in [2.05, 4.69) is 26.2 Å². The molecule has 3 rings (SSSR count). The van der Waals surface area contributed by atoms with Crippen LogP contribution in [0.1, 0.15) is 10.4 Å². The van der Waals surface area contributed by atoms with E-state index < -0.39 is 16.6 Å². The van der Waals surface area contributed by atoms with E-state index in [1.165, 1.54) is 37.4 Å². The van der Waals surface area contributed by atoms with E-state index in [0.29, 0.717) is 11.3 Å². The molecule has 0 saturated heterocycles. The number of halogens is 2. The maximum atomic E-state index is 13.8. The highest BCUT2D eigenvalue weighted by Crippen LogP contribution is 2.29. The number of amides is 1. The van der Waals surface area contributed by atoms with Gasteiger partial charge in [0.2, 0.25) is 0 Å². The minimum absolute atomic E-state index is 0.122. The van der Waals surface area contributed by atoms with E-state index in [-0.39, 0.29) is 26.6 Å². The number of nitro groups is 1. The Labute approximate surface area is 165 Å². The van der Waals surface area contributed by atoms with Gasteiger partial charge in [0.25, 0.3) is 11.6 Å². The maximum Gasteiger partial charge on any atom is 0.284 e. The van der Waals surface area contributed by atoms with E-state index >= 15 is 0 Å². The zero-order valence-corrected chi connectivity index (χ0v) is 16.1. The van der Waals surface area contributed by atoms with E-state index in [9.17, 15) is 19.3 Å². The molecule has 0 unspecified atom stereocenters. The van der Waals surface area contributed by atoms with E-state index in [0.717, 1.165) is 11.3 Å². The minimum atomic E-state index is -0.583. The van der Waals surface area contributed by atoms with Crippen LogP contribution in [0.2, 0.25) is 0 Å². The first-order valence-electron chi connectivity index (χ1n) is 7.43. The lowest BCUT2D eigenvalue weighted by Crippen LogP contribution is -2.12. The maximum absolute atomic E-state index is 13.8. The Balaban J connectivity index is 1.80. The number of carbonyl (C=O) groups is 1. The first-order valence-corrected chi connectivity index (χ1v) is 9.11. The lowest BCUT2D eigenvalue weighted by atomic mass is 10.1. The average molecular weight is 452 g/mol. The van der Waals surface area contributed by atoms with Crippen LogP contribution in [0.15, 0.2) is 46.3 Å². The van der Waals surface area contributed by atoms with Gasteiger partial charge in [0, 0.05) is 22.6 Å². The number of ether oxygens (including phenoxy) is 1. The van der Waals surface area contributed by atoms with Crippen LogP contribution in [0.25, 0.3) is 11.3 Å². The van der Waals surface area contributed by atoms with Crippen molar-refractivity contribution in [3.63, 3.8) is 0 Å². The number of nitrogens with one attached hydrogen (secondary N) is 1. The number of nitro benzene ring substituents is 1. The van der Waals surface area contributed by atoms with Crippen LogP contribution in [-0.2, 0) is 0 Å². The highest BCUT2D eigenvalue weighted by molar-refractivity contribution is 9.10. The summed E-state index contributed by atoms with van der Waals surface area (Å²) in [5, 5.41) is 15.5. The molecule has 3 aromatic rings. The Morgan fingerprint density at radius 1 is 1.33 bits per heavy atom. The summed E-state index contributed by atoms with van der Waals surface area (Å²) in [6.07, 6.45) is 0. The molecule has 0 aliphatic rings. The van der Waals surface area contributed by atoms with Crippen molar-refractivity contribution in [3.8, 4) is 17.0 Å². The zero-order valence-electron chi connectivity index (χ0n) is 13.7. The highest BCUT2D eigenvalue weighted by Gasteiger charge is 2.17. The molecule has 10 heteroatoms. The van der Waals surface area contributed by atoms with Gasteiger partial charge in [-0.25, -0.2) is 9.37 Å². The molecule has 27 heavy (non-hydrogen) atoms. The summed E-state index contributed by atoms with van der Waals surface area (Å²) in [5.41, 5.74) is 0.927. The smallest absolute Gasteiger partial charge is 0.284 e. The Morgan fingerprint density at radius 3 is 2.78 bits per heavy atom. The number of hydrogen-bond acceptors (Lipinski definition) is 6. The normalized spacial score (nSPS) is 10.5. The molecule has 0 aliphatic carbocycles. The second-order valence-electron chi connectivity index (χ2n) is 5.26. The number of anilines is 1. The van der Waals surface area contributed by atoms with Gasteiger partial charge in [-0.15, -0.1) is 11.3 Å². The predicted octanol–water partition coefficient (Wildman–Crippen LogP) is 4.88. The number of carbonyl (C=O) groups excluding carboxylic acids is 1. The number of hydrogen-bond donors (Lipinski definition) is 1. The van der Waals surface area contributed by atoms with Crippen molar-refractivity contribution < 1.29 is 18.8 Å². The van der Waals surface area contributed by atoms with Gasteiger partial charge in [-0.1, -0.05) is 0 Å². The fourth-order valence-corrected chi connectivity index (χ4v) is 3.36. The molecule has 1 amide bonds. The molecular formula is C17H11BrFN3O4S. The molecule has 1 N–H and O–H groups in total. The zero-order chi connectivity index (χ0) is 19.6. The van der Waals surface area contributed by atoms with Crippen LogP contribution >= 0.6 is 27.3 Å². The molecule has 1 heterocycles. The molecule has 0 fully saturated rings. The van der Waals surface area contributed by atoms with Crippen LogP contribution in [-0.4, -0.2) is 22.9 Å². The predicted molar refractivity (Wildman–Crippen MR) is 103 cm³/mol. The third-order valence-corrected chi connectivity index (χ3v) is 5.01. The van der Waals surface area contributed by atoms with Gasteiger partial charge in [-0.3, -0.25) is 20.2 Å². The van der Waals surface area contributed by atoms with Gasteiger partial charge >= 0.3 is 0 Å². The fraction of sp³-hybridized carbons (Fsp3) is 0.0588. The number of rotatable bonds is 5. The van der Waals surface area contributed by atoms with Crippen molar-refractivity contribution in [2.45, 2.75) is 0 Å². The Hall–Kier alpha value is -2.85. The van der Waals surface area contributed by atoms with Gasteiger partial charge in [0.15, 0.2) is 16.7 Å². The van der Waals surface area contributed by atoms with Crippen molar-refractivity contribution in [1.29, 1.82) is 0 Å². The van der Waals surface area contributed by atoms with Crippen LogP contribution in [0.5, 0.6) is 5.75 Å². The van der Waals surface area contributed by atoms with Crippen molar-refractivity contribution >= 4 is 44.0 Å². The molecule has 0 radical (unpaired) electrons. The van der Waals surface area contributed by atoms with Crippen LogP contribution in [0, 0.1) is 15.9 Å². The summed E-state index contributed by atoms with van der Waals surface area (Å²) >= 11 is 4.23. The lowest BCUT2D eigenvalue weighted by Gasteiger charge is -2.04. The SMILES string of the molecule is COc1ccc(-c2csc(NC(=O)c3ccc(Br)c([N+](=O)[O-])c3)n2)cc1F. The molecule has 1 aromatic heterocycles. The number of methoxy groups -OCH3 is 1. The Bertz CT molecular complexity index is 1040. The van der Waals surface area contributed by atoms with Crippen molar-refractivity contribution in [1.82, 2.24) is 4.98 Å². The van der Waals surface area contributed by atoms with E-state index in [4.69, 9.17) is 4.74 Å². The molecule has 0 aliphatic heterocycles. The largest absolute Gasteiger partial charge is 0.494 e. The molecule has 138 valence electrons. The van der Waals surface area contributed by atoms with Crippen molar-refractivity contribution in [2.75, 3.05) is 12.4 Å². The highest BCUT2D eigenvalue weighted by atomic mass is 79.9. The summed E-state index contributed by atoms with van der Waals surface area (Å²) in [5.74, 6) is -0.928. The number of thiazole rings is 1. The molecule has 7 nitrogen and oxygen atoms in total. The van der Waals surface area contributed by atoms with Gasteiger partial charge in [-0.05, 0) is 46.3 Å². The third-order valence-electron chi connectivity index (χ3n) is 3.58. The van der Waals surface area contributed by atoms with Crippen LogP contribution in [0.3, 0.4) is 0 Å². The lowest BCUT2D eigenvalue weighted by molar-refractivity contribution is -0.385.